The van der Waals surface area contributed by atoms with Crippen molar-refractivity contribution >= 4 is 24.0 Å². The van der Waals surface area contributed by atoms with Crippen molar-refractivity contribution in [2.75, 3.05) is 5.32 Å². The van der Waals surface area contributed by atoms with E-state index in [-0.39, 0.29) is 23.7 Å². The maximum absolute atomic E-state index is 12.7. The van der Waals surface area contributed by atoms with E-state index in [0.717, 1.165) is 30.5 Å². The van der Waals surface area contributed by atoms with E-state index in [1.54, 1.807) is 0 Å². The number of benzene rings is 2. The molecule has 27 heavy (non-hydrogen) atoms. The Kier molecular flexibility index (Phi) is 5.58. The molecule has 2 aromatic carbocycles. The van der Waals surface area contributed by atoms with E-state index in [4.69, 9.17) is 5.73 Å². The third-order valence-electron chi connectivity index (χ3n) is 4.85. The van der Waals surface area contributed by atoms with Crippen LogP contribution in [-0.2, 0) is 17.8 Å². The Labute approximate surface area is 164 Å². The highest BCUT2D eigenvalue weighted by Crippen LogP contribution is 2.49. The molecule has 0 bridgehead atoms. The molecule has 1 aliphatic carbocycles. The standard InChI is InChI=1S/C20H21N5O.ClH/c21-13-17-23-18(25-24-17)15-6-8-16(9-7-15)22-19(26)20(10-11-20)12-14-4-2-1-3-5-14;/h1-9H,10-13,21H2,(H,22,26)(H,23,24,25);1H. The Morgan fingerprint density at radius 3 is 2.41 bits per heavy atom. The van der Waals surface area contributed by atoms with Crippen LogP contribution in [0.3, 0.4) is 0 Å². The molecular weight excluding hydrogens is 362 g/mol. The number of aromatic amines is 1. The Balaban J connectivity index is 0.00000210. The van der Waals surface area contributed by atoms with Crippen LogP contribution in [0, 0.1) is 5.41 Å². The minimum Gasteiger partial charge on any atom is -0.326 e. The topological polar surface area (TPSA) is 96.7 Å². The summed E-state index contributed by atoms with van der Waals surface area (Å²) in [5.41, 5.74) is 8.15. The summed E-state index contributed by atoms with van der Waals surface area (Å²) in [7, 11) is 0. The van der Waals surface area contributed by atoms with E-state index in [1.165, 1.54) is 5.56 Å². The number of rotatable bonds is 6. The lowest BCUT2D eigenvalue weighted by atomic mass is 9.95. The molecule has 6 nitrogen and oxygen atoms in total. The largest absolute Gasteiger partial charge is 0.326 e. The van der Waals surface area contributed by atoms with Gasteiger partial charge < -0.3 is 11.1 Å². The number of amides is 1. The highest BCUT2D eigenvalue weighted by Gasteiger charge is 2.49. The second kappa shape index (κ2) is 7.90. The molecule has 4 N–H and O–H groups in total. The lowest BCUT2D eigenvalue weighted by Crippen LogP contribution is -2.26. The van der Waals surface area contributed by atoms with E-state index in [2.05, 4.69) is 32.6 Å². The first-order valence-corrected chi connectivity index (χ1v) is 8.76. The zero-order valence-corrected chi connectivity index (χ0v) is 15.6. The molecule has 0 unspecified atom stereocenters. The molecule has 1 aromatic heterocycles. The highest BCUT2D eigenvalue weighted by molar-refractivity contribution is 5.97. The van der Waals surface area contributed by atoms with Crippen molar-refractivity contribution in [1.82, 2.24) is 15.2 Å². The number of carbonyl (C=O) groups excluding carboxylic acids is 1. The summed E-state index contributed by atoms with van der Waals surface area (Å²) < 4.78 is 0. The molecule has 1 amide bonds. The number of halogens is 1. The van der Waals surface area contributed by atoms with E-state index >= 15 is 0 Å². The van der Waals surface area contributed by atoms with E-state index in [9.17, 15) is 4.79 Å². The predicted octanol–water partition coefficient (Wildman–Crippen LogP) is 3.31. The summed E-state index contributed by atoms with van der Waals surface area (Å²) in [6.07, 6.45) is 2.66. The number of hydrogen-bond acceptors (Lipinski definition) is 4. The van der Waals surface area contributed by atoms with Crippen molar-refractivity contribution in [3.8, 4) is 11.4 Å². The van der Waals surface area contributed by atoms with Crippen LogP contribution < -0.4 is 11.1 Å². The average Bonchev–Trinajstić information content (AvgIpc) is 3.29. The third kappa shape index (κ3) is 4.18. The van der Waals surface area contributed by atoms with Crippen LogP contribution in [0.25, 0.3) is 11.4 Å². The number of anilines is 1. The molecule has 140 valence electrons. The minimum absolute atomic E-state index is 0. The Morgan fingerprint density at radius 1 is 1.11 bits per heavy atom. The second-order valence-corrected chi connectivity index (χ2v) is 6.78. The fourth-order valence-electron chi connectivity index (χ4n) is 3.10. The number of nitrogens with zero attached hydrogens (tertiary/aromatic N) is 2. The number of nitrogens with one attached hydrogen (secondary N) is 2. The number of nitrogens with two attached hydrogens (primary N) is 1. The molecule has 0 atom stereocenters. The van der Waals surface area contributed by atoms with Gasteiger partial charge in [-0.25, -0.2) is 4.98 Å². The SMILES string of the molecule is Cl.NCc1nc(-c2ccc(NC(=O)C3(Cc4ccccc4)CC3)cc2)n[nH]1. The first-order chi connectivity index (χ1) is 12.7. The van der Waals surface area contributed by atoms with Crippen molar-refractivity contribution in [3.05, 3.63) is 66.0 Å². The molecular formula is C20H22ClN5O. The van der Waals surface area contributed by atoms with Gasteiger partial charge in [-0.1, -0.05) is 30.3 Å². The van der Waals surface area contributed by atoms with Crippen LogP contribution in [0.2, 0.25) is 0 Å². The van der Waals surface area contributed by atoms with Crippen LogP contribution in [-0.4, -0.2) is 21.1 Å². The van der Waals surface area contributed by atoms with Gasteiger partial charge in [-0.05, 0) is 49.1 Å². The van der Waals surface area contributed by atoms with Gasteiger partial charge in [0.15, 0.2) is 5.82 Å². The van der Waals surface area contributed by atoms with Crippen molar-refractivity contribution in [2.24, 2.45) is 11.1 Å². The molecule has 4 rings (SSSR count). The lowest BCUT2D eigenvalue weighted by Gasteiger charge is -2.15. The maximum Gasteiger partial charge on any atom is 0.230 e. The smallest absolute Gasteiger partial charge is 0.230 e. The fourth-order valence-corrected chi connectivity index (χ4v) is 3.10. The van der Waals surface area contributed by atoms with Crippen LogP contribution >= 0.6 is 12.4 Å². The summed E-state index contributed by atoms with van der Waals surface area (Å²) in [5, 5.41) is 9.99. The van der Waals surface area contributed by atoms with E-state index in [0.29, 0.717) is 18.2 Å². The quantitative estimate of drug-likeness (QED) is 0.608. The predicted molar refractivity (Wildman–Crippen MR) is 107 cm³/mol. The monoisotopic (exact) mass is 383 g/mol. The van der Waals surface area contributed by atoms with Crippen LogP contribution in [0.15, 0.2) is 54.6 Å². The number of H-pyrrole nitrogens is 1. The minimum atomic E-state index is -0.264. The summed E-state index contributed by atoms with van der Waals surface area (Å²) in [5.74, 6) is 1.34. The zero-order chi connectivity index (χ0) is 18.0. The summed E-state index contributed by atoms with van der Waals surface area (Å²) >= 11 is 0. The molecule has 1 saturated carbocycles. The average molecular weight is 384 g/mol. The highest BCUT2D eigenvalue weighted by atomic mass is 35.5. The van der Waals surface area contributed by atoms with Gasteiger partial charge in [0.05, 0.1) is 12.0 Å². The van der Waals surface area contributed by atoms with Gasteiger partial charge in [-0.3, -0.25) is 9.89 Å². The zero-order valence-electron chi connectivity index (χ0n) is 14.8. The second-order valence-electron chi connectivity index (χ2n) is 6.78. The maximum atomic E-state index is 12.7. The molecule has 3 aromatic rings. The van der Waals surface area contributed by atoms with Gasteiger partial charge in [0.2, 0.25) is 5.91 Å². The molecule has 1 heterocycles. The van der Waals surface area contributed by atoms with E-state index in [1.807, 2.05) is 42.5 Å². The third-order valence-corrected chi connectivity index (χ3v) is 4.85. The summed E-state index contributed by atoms with van der Waals surface area (Å²) in [6.45, 7) is 0.324. The Morgan fingerprint density at radius 2 is 1.81 bits per heavy atom. The van der Waals surface area contributed by atoms with Crippen molar-refractivity contribution in [2.45, 2.75) is 25.8 Å². The van der Waals surface area contributed by atoms with Crippen molar-refractivity contribution in [1.29, 1.82) is 0 Å². The number of carbonyl (C=O) groups is 1. The molecule has 1 aliphatic rings. The number of aromatic nitrogens is 3. The Hall–Kier alpha value is -2.70. The molecule has 0 radical (unpaired) electrons. The first-order valence-electron chi connectivity index (χ1n) is 8.76. The molecule has 7 heteroatoms. The normalized spacial score (nSPS) is 14.3. The van der Waals surface area contributed by atoms with Crippen molar-refractivity contribution in [3.63, 3.8) is 0 Å². The lowest BCUT2D eigenvalue weighted by molar-refractivity contribution is -0.121. The van der Waals surface area contributed by atoms with Gasteiger partial charge in [0, 0.05) is 11.3 Å². The van der Waals surface area contributed by atoms with Gasteiger partial charge in [-0.15, -0.1) is 12.4 Å². The molecule has 0 spiro atoms. The Bertz CT molecular complexity index is 904. The summed E-state index contributed by atoms with van der Waals surface area (Å²) in [6, 6.07) is 17.7. The van der Waals surface area contributed by atoms with Gasteiger partial charge in [0.1, 0.15) is 5.82 Å². The molecule has 1 fully saturated rings. The van der Waals surface area contributed by atoms with Crippen LogP contribution in [0.1, 0.15) is 24.2 Å². The van der Waals surface area contributed by atoms with Gasteiger partial charge in [0.25, 0.3) is 0 Å². The molecule has 0 saturated heterocycles. The fraction of sp³-hybridized carbons (Fsp3) is 0.250. The van der Waals surface area contributed by atoms with Gasteiger partial charge in [-0.2, -0.15) is 5.10 Å². The van der Waals surface area contributed by atoms with E-state index < -0.39 is 0 Å². The van der Waals surface area contributed by atoms with Gasteiger partial charge >= 0.3 is 0 Å². The van der Waals surface area contributed by atoms with Crippen LogP contribution in [0.5, 0.6) is 0 Å². The summed E-state index contributed by atoms with van der Waals surface area (Å²) in [4.78, 5) is 17.1. The molecule has 0 aliphatic heterocycles. The first kappa shape index (κ1) is 19.1. The van der Waals surface area contributed by atoms with Crippen LogP contribution in [0.4, 0.5) is 5.69 Å². The number of hydrogen-bond donors (Lipinski definition) is 3. The van der Waals surface area contributed by atoms with Crippen molar-refractivity contribution < 1.29 is 4.79 Å².